The molecule has 0 spiro atoms. The third-order valence-electron chi connectivity index (χ3n) is 4.57. The van der Waals surface area contributed by atoms with Crippen molar-refractivity contribution >= 4 is 33.8 Å². The predicted molar refractivity (Wildman–Crippen MR) is 113 cm³/mol. The molecule has 0 fully saturated rings. The third-order valence-corrected chi connectivity index (χ3v) is 5.43. The second-order valence-corrected chi connectivity index (χ2v) is 7.60. The maximum Gasteiger partial charge on any atom is 0.313 e. The van der Waals surface area contributed by atoms with E-state index < -0.39 is 23.4 Å². The van der Waals surface area contributed by atoms with E-state index in [1.807, 2.05) is 5.38 Å². The maximum atomic E-state index is 14.0. The highest BCUT2D eigenvalue weighted by Gasteiger charge is 2.16. The van der Waals surface area contributed by atoms with Crippen LogP contribution in [-0.2, 0) is 16.0 Å². The number of rotatable bonds is 5. The lowest BCUT2D eigenvalue weighted by molar-refractivity contribution is -0.136. The molecule has 2 N–H and O–H groups in total. The van der Waals surface area contributed by atoms with Gasteiger partial charge in [0.25, 0.3) is 0 Å². The first-order valence-corrected chi connectivity index (χ1v) is 10.2. The molecule has 4 aromatic rings. The van der Waals surface area contributed by atoms with Crippen LogP contribution in [0.25, 0.3) is 16.3 Å². The van der Waals surface area contributed by atoms with E-state index in [-0.39, 0.29) is 18.1 Å². The lowest BCUT2D eigenvalue weighted by atomic mass is 10.2. The van der Waals surface area contributed by atoms with Gasteiger partial charge in [-0.05, 0) is 36.8 Å². The molecule has 0 bridgehead atoms. The molecule has 0 saturated heterocycles. The van der Waals surface area contributed by atoms with Crippen LogP contribution in [0.4, 0.5) is 14.5 Å². The molecule has 2 amide bonds. The van der Waals surface area contributed by atoms with Crippen molar-refractivity contribution in [2.75, 3.05) is 11.9 Å². The zero-order valence-electron chi connectivity index (χ0n) is 16.4. The van der Waals surface area contributed by atoms with Gasteiger partial charge in [0, 0.05) is 24.0 Å². The molecular weight excluding hydrogens is 424 g/mol. The van der Waals surface area contributed by atoms with Crippen molar-refractivity contribution in [3.8, 4) is 11.4 Å². The molecule has 2 aromatic carbocycles. The minimum absolute atomic E-state index is 0.176. The number of nitrogens with one attached hydrogen (secondary N) is 2. The predicted octanol–water partition coefficient (Wildman–Crippen LogP) is 3.34. The van der Waals surface area contributed by atoms with Gasteiger partial charge in [0.05, 0.1) is 11.3 Å². The summed E-state index contributed by atoms with van der Waals surface area (Å²) in [6, 6.07) is 10.4. The van der Waals surface area contributed by atoms with Gasteiger partial charge < -0.3 is 10.6 Å². The number of aromatic nitrogens is 3. The highest BCUT2D eigenvalue weighted by molar-refractivity contribution is 7.15. The average molecular weight is 441 g/mol. The number of thiazole rings is 1. The summed E-state index contributed by atoms with van der Waals surface area (Å²) < 4.78 is 29.1. The Hall–Kier alpha value is -3.66. The normalized spacial score (nSPS) is 10.9. The van der Waals surface area contributed by atoms with Crippen molar-refractivity contribution in [2.45, 2.75) is 13.3 Å². The Balaban J connectivity index is 1.37. The lowest BCUT2D eigenvalue weighted by Gasteiger charge is -2.07. The number of carbonyl (C=O) groups is 2. The van der Waals surface area contributed by atoms with Gasteiger partial charge in [-0.25, -0.2) is 13.3 Å². The molecule has 0 radical (unpaired) electrons. The molecule has 0 aliphatic heterocycles. The molecule has 4 rings (SSSR count). The number of amides is 2. The summed E-state index contributed by atoms with van der Waals surface area (Å²) in [4.78, 5) is 29.0. The largest absolute Gasteiger partial charge is 0.347 e. The van der Waals surface area contributed by atoms with E-state index in [0.29, 0.717) is 22.5 Å². The summed E-state index contributed by atoms with van der Waals surface area (Å²) in [7, 11) is 0. The van der Waals surface area contributed by atoms with Gasteiger partial charge in [-0.15, -0.1) is 16.4 Å². The molecule has 31 heavy (non-hydrogen) atoms. The molecular formula is C21H17F2N5O2S. The summed E-state index contributed by atoms with van der Waals surface area (Å²) in [5.41, 5.74) is 1.71. The van der Waals surface area contributed by atoms with Crippen molar-refractivity contribution < 1.29 is 18.4 Å². The molecule has 0 unspecified atom stereocenters. The molecule has 0 aliphatic rings. The Morgan fingerprint density at radius 3 is 2.68 bits per heavy atom. The Kier molecular flexibility index (Phi) is 5.72. The quantitative estimate of drug-likeness (QED) is 0.465. The van der Waals surface area contributed by atoms with Crippen LogP contribution in [0.2, 0.25) is 0 Å². The summed E-state index contributed by atoms with van der Waals surface area (Å²) in [6.07, 6.45) is 0.387. The van der Waals surface area contributed by atoms with E-state index in [2.05, 4.69) is 20.7 Å². The molecule has 2 aromatic heterocycles. The smallest absolute Gasteiger partial charge is 0.313 e. The first-order valence-electron chi connectivity index (χ1n) is 9.36. The van der Waals surface area contributed by atoms with Crippen molar-refractivity contribution in [1.82, 2.24) is 19.9 Å². The Labute approximate surface area is 179 Å². The number of hydrogen-bond donors (Lipinski definition) is 2. The van der Waals surface area contributed by atoms with Crippen molar-refractivity contribution in [2.24, 2.45) is 0 Å². The lowest BCUT2D eigenvalue weighted by Crippen LogP contribution is -2.36. The molecule has 7 nitrogen and oxygen atoms in total. The van der Waals surface area contributed by atoms with Gasteiger partial charge in [0.1, 0.15) is 11.6 Å². The molecule has 0 saturated carbocycles. The molecule has 10 heteroatoms. The Morgan fingerprint density at radius 1 is 1.10 bits per heavy atom. The molecule has 2 heterocycles. The average Bonchev–Trinajstić information content (AvgIpc) is 3.32. The highest BCUT2D eigenvalue weighted by Crippen LogP contribution is 2.23. The second kappa shape index (κ2) is 8.60. The standard InChI is InChI=1S/C21H17F2N5O2S/c1-12-6-7-13(10-17(12)23)25-20(30)19(29)24-9-8-14-11-31-21-26-18(27-28(14)21)15-4-2-3-5-16(15)22/h2-7,10-11H,8-9H2,1H3,(H,24,29)(H,25,30). The molecule has 0 aliphatic carbocycles. The highest BCUT2D eigenvalue weighted by atomic mass is 32.1. The fourth-order valence-corrected chi connectivity index (χ4v) is 3.75. The van der Waals surface area contributed by atoms with Gasteiger partial charge in [0.2, 0.25) is 4.96 Å². The van der Waals surface area contributed by atoms with Crippen molar-refractivity contribution in [3.63, 3.8) is 0 Å². The Bertz CT molecular complexity index is 1280. The van der Waals surface area contributed by atoms with Gasteiger partial charge in [0.15, 0.2) is 5.82 Å². The number of carbonyl (C=O) groups excluding carboxylic acids is 2. The number of halogens is 2. The minimum atomic E-state index is -0.888. The third kappa shape index (κ3) is 4.43. The second-order valence-electron chi connectivity index (χ2n) is 6.76. The maximum absolute atomic E-state index is 14.0. The van der Waals surface area contributed by atoms with E-state index in [0.717, 1.165) is 11.8 Å². The first kappa shape index (κ1) is 20.6. The number of aryl methyl sites for hydroxylation is 1. The minimum Gasteiger partial charge on any atom is -0.347 e. The number of benzene rings is 2. The molecule has 158 valence electrons. The zero-order valence-corrected chi connectivity index (χ0v) is 17.2. The van der Waals surface area contributed by atoms with Crippen LogP contribution in [0.1, 0.15) is 11.3 Å². The van der Waals surface area contributed by atoms with E-state index in [1.54, 1.807) is 29.6 Å². The number of fused-ring (bicyclic) bond motifs is 1. The van der Waals surface area contributed by atoms with E-state index in [4.69, 9.17) is 0 Å². The monoisotopic (exact) mass is 441 g/mol. The zero-order chi connectivity index (χ0) is 22.0. The van der Waals surface area contributed by atoms with E-state index >= 15 is 0 Å². The van der Waals surface area contributed by atoms with E-state index in [9.17, 15) is 18.4 Å². The summed E-state index contributed by atoms with van der Waals surface area (Å²) in [5, 5.41) is 11.1. The van der Waals surface area contributed by atoms with Gasteiger partial charge in [-0.1, -0.05) is 18.2 Å². The summed E-state index contributed by atoms with van der Waals surface area (Å²) >= 11 is 1.34. The molecule has 0 atom stereocenters. The fourth-order valence-electron chi connectivity index (χ4n) is 2.90. The topological polar surface area (TPSA) is 88.4 Å². The number of nitrogens with zero attached hydrogens (tertiary/aromatic N) is 3. The van der Waals surface area contributed by atoms with Crippen LogP contribution in [-0.4, -0.2) is 33.0 Å². The number of hydrogen-bond acceptors (Lipinski definition) is 5. The Morgan fingerprint density at radius 2 is 1.90 bits per heavy atom. The van der Waals surface area contributed by atoms with E-state index in [1.165, 1.54) is 29.5 Å². The van der Waals surface area contributed by atoms with Gasteiger partial charge in [-0.3, -0.25) is 9.59 Å². The number of anilines is 1. The van der Waals surface area contributed by atoms with Crippen LogP contribution in [0.15, 0.2) is 47.8 Å². The van der Waals surface area contributed by atoms with Crippen LogP contribution in [0.5, 0.6) is 0 Å². The van der Waals surface area contributed by atoms with Crippen LogP contribution >= 0.6 is 11.3 Å². The summed E-state index contributed by atoms with van der Waals surface area (Å²) in [5.74, 6) is -2.32. The van der Waals surface area contributed by atoms with Gasteiger partial charge >= 0.3 is 11.8 Å². The van der Waals surface area contributed by atoms with Crippen LogP contribution in [0.3, 0.4) is 0 Å². The van der Waals surface area contributed by atoms with Gasteiger partial charge in [-0.2, -0.15) is 4.98 Å². The fraction of sp³-hybridized carbons (Fsp3) is 0.143. The first-order chi connectivity index (χ1) is 14.9. The summed E-state index contributed by atoms with van der Waals surface area (Å²) in [6.45, 7) is 1.78. The van der Waals surface area contributed by atoms with Crippen molar-refractivity contribution in [1.29, 1.82) is 0 Å². The van der Waals surface area contributed by atoms with Crippen LogP contribution < -0.4 is 10.6 Å². The van der Waals surface area contributed by atoms with Crippen LogP contribution in [0, 0.1) is 18.6 Å². The van der Waals surface area contributed by atoms with Crippen molar-refractivity contribution in [3.05, 3.63) is 70.7 Å². The SMILES string of the molecule is Cc1ccc(NC(=O)C(=O)NCCc2csc3nc(-c4ccccc4F)nn23)cc1F.